The fraction of sp³-hybridized carbons (Fsp3) is 0.214. The number of rotatable bonds is 5. The first-order valence-electron chi connectivity index (χ1n) is 5.79. The molecule has 1 unspecified atom stereocenters. The van der Waals surface area contributed by atoms with Gasteiger partial charge in [0.25, 0.3) is 0 Å². The van der Waals surface area contributed by atoms with Crippen molar-refractivity contribution in [3.05, 3.63) is 65.7 Å². The third-order valence-corrected chi connectivity index (χ3v) is 2.65. The maximum atomic E-state index is 13.0. The number of nitrogens with zero attached hydrogens (tertiary/aromatic N) is 1. The monoisotopic (exact) mass is 246 g/mol. The highest BCUT2D eigenvalue weighted by Gasteiger charge is 2.07. The number of aromatic nitrogens is 1. The summed E-state index contributed by atoms with van der Waals surface area (Å²) in [5.74, 6) is -0.333. The Labute approximate surface area is 105 Å². The van der Waals surface area contributed by atoms with Crippen molar-refractivity contribution in [3.8, 4) is 0 Å². The van der Waals surface area contributed by atoms with E-state index in [1.807, 2.05) is 12.1 Å². The van der Waals surface area contributed by atoms with Crippen LogP contribution >= 0.6 is 0 Å². The van der Waals surface area contributed by atoms with Crippen LogP contribution in [0.15, 0.2) is 48.8 Å². The lowest BCUT2D eigenvalue weighted by molar-refractivity contribution is 0.174. The zero-order valence-electron chi connectivity index (χ0n) is 9.88. The molecule has 2 aromatic rings. The highest BCUT2D eigenvalue weighted by Crippen LogP contribution is 2.13. The smallest absolute Gasteiger partial charge is 0.123 e. The highest BCUT2D eigenvalue weighted by atomic mass is 19.1. The summed E-state index contributed by atoms with van der Waals surface area (Å²) in [6, 6.07) is 9.82. The summed E-state index contributed by atoms with van der Waals surface area (Å²) in [7, 11) is 0. The van der Waals surface area contributed by atoms with Gasteiger partial charge >= 0.3 is 0 Å². The van der Waals surface area contributed by atoms with E-state index in [0.717, 1.165) is 5.56 Å². The summed E-state index contributed by atoms with van der Waals surface area (Å²) in [6.07, 6.45) is 2.74. The summed E-state index contributed by atoms with van der Waals surface area (Å²) in [4.78, 5) is 3.93. The molecule has 94 valence electrons. The SMILES string of the molecule is OC(CNCc1ccncc1)c1cccc(F)c1. The average molecular weight is 246 g/mol. The van der Waals surface area contributed by atoms with Gasteiger partial charge in [0.05, 0.1) is 6.10 Å². The molecule has 0 bridgehead atoms. The van der Waals surface area contributed by atoms with Crippen molar-refractivity contribution in [1.82, 2.24) is 10.3 Å². The fourth-order valence-electron chi connectivity index (χ4n) is 1.69. The first kappa shape index (κ1) is 12.7. The average Bonchev–Trinajstić information content (AvgIpc) is 2.40. The lowest BCUT2D eigenvalue weighted by Gasteiger charge is -2.12. The molecule has 0 aliphatic carbocycles. The van der Waals surface area contributed by atoms with E-state index in [1.165, 1.54) is 12.1 Å². The van der Waals surface area contributed by atoms with Crippen LogP contribution in [0.25, 0.3) is 0 Å². The molecule has 0 radical (unpaired) electrons. The van der Waals surface area contributed by atoms with E-state index in [1.54, 1.807) is 24.5 Å². The van der Waals surface area contributed by atoms with Crippen molar-refractivity contribution in [2.45, 2.75) is 12.6 Å². The molecule has 2 rings (SSSR count). The molecule has 3 nitrogen and oxygen atoms in total. The van der Waals surface area contributed by atoms with Crippen LogP contribution in [0, 0.1) is 5.82 Å². The van der Waals surface area contributed by atoms with Crippen LogP contribution in [0.1, 0.15) is 17.2 Å². The largest absolute Gasteiger partial charge is 0.387 e. The van der Waals surface area contributed by atoms with Crippen LogP contribution in [-0.4, -0.2) is 16.6 Å². The van der Waals surface area contributed by atoms with Crippen molar-refractivity contribution < 1.29 is 9.50 Å². The van der Waals surface area contributed by atoms with Gasteiger partial charge < -0.3 is 10.4 Å². The summed E-state index contributed by atoms with van der Waals surface area (Å²) in [5.41, 5.74) is 1.67. The first-order valence-corrected chi connectivity index (χ1v) is 5.79. The molecule has 18 heavy (non-hydrogen) atoms. The molecule has 0 amide bonds. The standard InChI is InChI=1S/C14H15FN2O/c15-13-3-1-2-12(8-13)14(18)10-17-9-11-4-6-16-7-5-11/h1-8,14,17-18H,9-10H2. The zero-order chi connectivity index (χ0) is 12.8. The lowest BCUT2D eigenvalue weighted by Crippen LogP contribution is -2.21. The van der Waals surface area contributed by atoms with Crippen LogP contribution in [-0.2, 0) is 6.54 Å². The van der Waals surface area contributed by atoms with Gasteiger partial charge in [-0.3, -0.25) is 4.98 Å². The van der Waals surface area contributed by atoms with E-state index in [9.17, 15) is 9.50 Å². The van der Waals surface area contributed by atoms with Gasteiger partial charge in [-0.2, -0.15) is 0 Å². The summed E-state index contributed by atoms with van der Waals surface area (Å²) >= 11 is 0. The van der Waals surface area contributed by atoms with Gasteiger partial charge in [-0.25, -0.2) is 4.39 Å². The number of benzene rings is 1. The van der Waals surface area contributed by atoms with Crippen LogP contribution in [0.4, 0.5) is 4.39 Å². The Hall–Kier alpha value is -1.78. The molecule has 1 heterocycles. The van der Waals surface area contributed by atoms with E-state index in [0.29, 0.717) is 18.7 Å². The molecule has 0 spiro atoms. The Balaban J connectivity index is 1.83. The molecule has 1 aromatic heterocycles. The topological polar surface area (TPSA) is 45.1 Å². The molecular weight excluding hydrogens is 231 g/mol. The molecule has 0 saturated heterocycles. The van der Waals surface area contributed by atoms with E-state index in [4.69, 9.17) is 0 Å². The third kappa shape index (κ3) is 3.61. The van der Waals surface area contributed by atoms with E-state index < -0.39 is 6.10 Å². The second-order valence-electron chi connectivity index (χ2n) is 4.06. The van der Waals surface area contributed by atoms with Gasteiger partial charge in [0.15, 0.2) is 0 Å². The third-order valence-electron chi connectivity index (χ3n) is 2.65. The van der Waals surface area contributed by atoms with Crippen molar-refractivity contribution >= 4 is 0 Å². The normalized spacial score (nSPS) is 12.3. The first-order chi connectivity index (χ1) is 8.75. The molecular formula is C14H15FN2O. The minimum absolute atomic E-state index is 0.333. The van der Waals surface area contributed by atoms with Crippen molar-refractivity contribution in [2.24, 2.45) is 0 Å². The molecule has 1 atom stereocenters. The van der Waals surface area contributed by atoms with Crippen molar-refractivity contribution in [3.63, 3.8) is 0 Å². The predicted octanol–water partition coefficient (Wildman–Crippen LogP) is 2.04. The molecule has 2 N–H and O–H groups in total. The van der Waals surface area contributed by atoms with Gasteiger partial charge in [0, 0.05) is 25.5 Å². The second kappa shape index (κ2) is 6.23. The Morgan fingerprint density at radius 3 is 2.72 bits per heavy atom. The summed E-state index contributed by atoms with van der Waals surface area (Å²) in [5, 5.41) is 13.0. The second-order valence-corrected chi connectivity index (χ2v) is 4.06. The fourth-order valence-corrected chi connectivity index (χ4v) is 1.69. The summed E-state index contributed by atoms with van der Waals surface area (Å²) in [6.45, 7) is 1.03. The van der Waals surface area contributed by atoms with E-state index in [-0.39, 0.29) is 5.82 Å². The van der Waals surface area contributed by atoms with Crippen LogP contribution in [0.3, 0.4) is 0 Å². The van der Waals surface area contributed by atoms with E-state index >= 15 is 0 Å². The lowest BCUT2D eigenvalue weighted by atomic mass is 10.1. The van der Waals surface area contributed by atoms with Gasteiger partial charge in [0.2, 0.25) is 0 Å². The number of halogens is 1. The Morgan fingerprint density at radius 1 is 1.22 bits per heavy atom. The van der Waals surface area contributed by atoms with Gasteiger partial charge in [-0.05, 0) is 35.4 Å². The van der Waals surface area contributed by atoms with Crippen LogP contribution in [0.5, 0.6) is 0 Å². The molecule has 1 aromatic carbocycles. The van der Waals surface area contributed by atoms with Gasteiger partial charge in [-0.15, -0.1) is 0 Å². The number of nitrogens with one attached hydrogen (secondary N) is 1. The molecule has 0 saturated carbocycles. The van der Waals surface area contributed by atoms with Gasteiger partial charge in [-0.1, -0.05) is 12.1 Å². The maximum absolute atomic E-state index is 13.0. The minimum atomic E-state index is -0.706. The van der Waals surface area contributed by atoms with E-state index in [2.05, 4.69) is 10.3 Å². The minimum Gasteiger partial charge on any atom is -0.387 e. The number of pyridine rings is 1. The van der Waals surface area contributed by atoms with Crippen LogP contribution < -0.4 is 5.32 Å². The highest BCUT2D eigenvalue weighted by molar-refractivity contribution is 5.19. The molecule has 4 heteroatoms. The predicted molar refractivity (Wildman–Crippen MR) is 67.3 cm³/mol. The Bertz CT molecular complexity index is 490. The number of hydrogen-bond acceptors (Lipinski definition) is 3. The quantitative estimate of drug-likeness (QED) is 0.848. The molecule has 0 aliphatic heterocycles. The van der Waals surface area contributed by atoms with Crippen molar-refractivity contribution in [1.29, 1.82) is 0 Å². The zero-order valence-corrected chi connectivity index (χ0v) is 9.88. The summed E-state index contributed by atoms with van der Waals surface area (Å²) < 4.78 is 13.0. The molecule has 0 aliphatic rings. The van der Waals surface area contributed by atoms with Crippen LogP contribution in [0.2, 0.25) is 0 Å². The Kier molecular flexibility index (Phi) is 4.39. The van der Waals surface area contributed by atoms with Gasteiger partial charge in [0.1, 0.15) is 5.82 Å². The van der Waals surface area contributed by atoms with Crippen molar-refractivity contribution in [2.75, 3.05) is 6.54 Å². The maximum Gasteiger partial charge on any atom is 0.123 e. The molecule has 0 fully saturated rings. The number of hydrogen-bond donors (Lipinski definition) is 2. The number of aliphatic hydroxyl groups is 1. The number of aliphatic hydroxyl groups excluding tert-OH is 1. The Morgan fingerprint density at radius 2 is 2.00 bits per heavy atom.